The third-order valence-electron chi connectivity index (χ3n) is 4.85. The van der Waals surface area contributed by atoms with Gasteiger partial charge in [-0.3, -0.25) is 4.79 Å². The molecule has 0 radical (unpaired) electrons. The lowest BCUT2D eigenvalue weighted by atomic mass is 9.72. The van der Waals surface area contributed by atoms with Crippen molar-refractivity contribution in [1.82, 2.24) is 0 Å². The molecule has 0 heterocycles. The van der Waals surface area contributed by atoms with Crippen LogP contribution in [0.25, 0.3) is 0 Å². The fourth-order valence-electron chi connectivity index (χ4n) is 3.14. The smallest absolute Gasteiger partial charge is 0.302 e. The zero-order valence-electron chi connectivity index (χ0n) is 16.6. The maximum absolute atomic E-state index is 10.8. The van der Waals surface area contributed by atoms with Crippen molar-refractivity contribution in [3.63, 3.8) is 0 Å². The summed E-state index contributed by atoms with van der Waals surface area (Å²) in [5.41, 5.74) is 4.41. The minimum Gasteiger partial charge on any atom is -0.462 e. The van der Waals surface area contributed by atoms with E-state index < -0.39 is 0 Å². The molecular formula is C22H33BrO2. The van der Waals surface area contributed by atoms with Crippen LogP contribution < -0.4 is 0 Å². The maximum atomic E-state index is 10.8. The average Bonchev–Trinajstić information content (AvgIpc) is 2.50. The molecule has 0 aliphatic heterocycles. The number of hydrogen-bond donors (Lipinski definition) is 0. The van der Waals surface area contributed by atoms with Gasteiger partial charge in [0, 0.05) is 11.8 Å². The second-order valence-corrected chi connectivity index (χ2v) is 8.76. The normalized spacial score (nSPS) is 21.0. The highest BCUT2D eigenvalue weighted by Crippen LogP contribution is 2.41. The minimum atomic E-state index is -0.250. The fourth-order valence-corrected chi connectivity index (χ4v) is 3.47. The van der Waals surface area contributed by atoms with Crippen LogP contribution in [-0.4, -0.2) is 17.4 Å². The topological polar surface area (TPSA) is 26.3 Å². The summed E-state index contributed by atoms with van der Waals surface area (Å²) in [6, 6.07) is 0. The van der Waals surface area contributed by atoms with Gasteiger partial charge in [-0.25, -0.2) is 0 Å². The van der Waals surface area contributed by atoms with Crippen LogP contribution in [0.1, 0.15) is 60.8 Å². The molecule has 140 valence electrons. The van der Waals surface area contributed by atoms with E-state index in [2.05, 4.69) is 67.9 Å². The van der Waals surface area contributed by atoms with E-state index in [0.29, 0.717) is 12.5 Å². The number of carbonyl (C=O) groups is 1. The molecule has 1 aliphatic carbocycles. The molecule has 0 saturated heterocycles. The Kier molecular flexibility index (Phi) is 8.92. The molecule has 0 saturated carbocycles. The molecule has 2 atom stereocenters. The monoisotopic (exact) mass is 408 g/mol. The number of rotatable bonds is 7. The molecule has 0 unspecified atom stereocenters. The third kappa shape index (κ3) is 7.77. The van der Waals surface area contributed by atoms with Gasteiger partial charge in [-0.05, 0) is 56.1 Å². The van der Waals surface area contributed by atoms with E-state index in [1.807, 2.05) is 13.0 Å². The molecular weight excluding hydrogens is 376 g/mol. The van der Waals surface area contributed by atoms with Crippen LogP contribution in [0.3, 0.4) is 0 Å². The van der Waals surface area contributed by atoms with Crippen molar-refractivity contribution in [1.29, 1.82) is 0 Å². The first-order chi connectivity index (χ1) is 11.6. The van der Waals surface area contributed by atoms with Crippen molar-refractivity contribution >= 4 is 21.9 Å². The second-order valence-electron chi connectivity index (χ2n) is 7.70. The Labute approximate surface area is 162 Å². The van der Waals surface area contributed by atoms with Gasteiger partial charge < -0.3 is 4.74 Å². The summed E-state index contributed by atoms with van der Waals surface area (Å²) in [6.45, 7) is 13.0. The number of ether oxygens (including phenoxy) is 1. The fraction of sp³-hybridized carbons (Fsp3) is 0.591. The van der Waals surface area contributed by atoms with Crippen LogP contribution in [0.2, 0.25) is 0 Å². The zero-order valence-corrected chi connectivity index (χ0v) is 18.2. The zero-order chi connectivity index (χ0) is 19.0. The van der Waals surface area contributed by atoms with Gasteiger partial charge in [0.15, 0.2) is 0 Å². The van der Waals surface area contributed by atoms with Gasteiger partial charge in [0.25, 0.3) is 0 Å². The average molecular weight is 409 g/mol. The number of hydrogen-bond acceptors (Lipinski definition) is 2. The van der Waals surface area contributed by atoms with Gasteiger partial charge in [0.05, 0.1) is 0 Å². The highest BCUT2D eigenvalue weighted by molar-refractivity contribution is 9.09. The predicted molar refractivity (Wildman–Crippen MR) is 111 cm³/mol. The summed E-state index contributed by atoms with van der Waals surface area (Å²) in [7, 11) is 0. The molecule has 1 aliphatic rings. The Morgan fingerprint density at radius 1 is 1.32 bits per heavy atom. The Hall–Kier alpha value is -1.09. The first-order valence-corrected chi connectivity index (χ1v) is 10.1. The molecule has 3 heteroatoms. The predicted octanol–water partition coefficient (Wildman–Crippen LogP) is 6.53. The number of allylic oxidation sites excluding steroid dienone is 7. The molecule has 0 fully saturated rings. The first-order valence-electron chi connectivity index (χ1n) is 9.14. The maximum Gasteiger partial charge on any atom is 0.302 e. The molecule has 1 rings (SSSR count). The van der Waals surface area contributed by atoms with Crippen LogP contribution >= 0.6 is 15.9 Å². The summed E-state index contributed by atoms with van der Waals surface area (Å²) in [5, 5.41) is 0. The Bertz CT molecular complexity index is 579. The van der Waals surface area contributed by atoms with E-state index in [-0.39, 0.29) is 16.2 Å². The van der Waals surface area contributed by atoms with Gasteiger partial charge in [-0.15, -0.1) is 0 Å². The van der Waals surface area contributed by atoms with Gasteiger partial charge >= 0.3 is 5.97 Å². The van der Waals surface area contributed by atoms with Crippen molar-refractivity contribution in [2.45, 2.75) is 65.6 Å². The molecule has 0 amide bonds. The number of alkyl halides is 1. The van der Waals surface area contributed by atoms with Crippen molar-refractivity contribution in [3.05, 3.63) is 47.1 Å². The number of esters is 1. The summed E-state index contributed by atoms with van der Waals surface area (Å²) in [6.07, 6.45) is 14.6. The lowest BCUT2D eigenvalue weighted by Crippen LogP contribution is -2.19. The van der Waals surface area contributed by atoms with E-state index in [1.54, 1.807) is 0 Å². The van der Waals surface area contributed by atoms with Crippen molar-refractivity contribution in [2.24, 2.45) is 11.3 Å². The van der Waals surface area contributed by atoms with Gasteiger partial charge in [0.1, 0.15) is 6.61 Å². The first kappa shape index (κ1) is 22.0. The van der Waals surface area contributed by atoms with Gasteiger partial charge in [-0.2, -0.15) is 0 Å². The second kappa shape index (κ2) is 10.2. The quantitative estimate of drug-likeness (QED) is 0.271. The Balaban J connectivity index is 2.65. The molecule has 0 bridgehead atoms. The van der Waals surface area contributed by atoms with E-state index in [0.717, 1.165) is 5.57 Å². The minimum absolute atomic E-state index is 0.250. The summed E-state index contributed by atoms with van der Waals surface area (Å²) in [4.78, 5) is 11.0. The van der Waals surface area contributed by atoms with E-state index in [4.69, 9.17) is 4.74 Å². The molecule has 0 spiro atoms. The molecule has 0 N–H and O–H groups in total. The summed E-state index contributed by atoms with van der Waals surface area (Å²) < 4.78 is 4.92. The Morgan fingerprint density at radius 2 is 2.00 bits per heavy atom. The SMILES string of the molecule is CC(=O)OC/C=C(C)\C=C\[C@H](Br)[C@@H](C)/C=C/C1=C(C)CCCC1(C)C. The number of halogens is 1. The standard InChI is InChI=1S/C22H33BrO2/c1-16(13-15-25-19(4)24)9-12-21(23)18(3)10-11-20-17(2)8-7-14-22(20,5)6/h9-13,18,21H,7-8,14-15H2,1-6H3/b11-10+,12-9+,16-13-/t18-,21-/m0/s1. The van der Waals surface area contributed by atoms with Crippen molar-refractivity contribution < 1.29 is 9.53 Å². The lowest BCUT2D eigenvalue weighted by molar-refractivity contribution is -0.139. The lowest BCUT2D eigenvalue weighted by Gasteiger charge is -2.33. The third-order valence-corrected chi connectivity index (χ3v) is 5.99. The largest absolute Gasteiger partial charge is 0.462 e. The molecule has 25 heavy (non-hydrogen) atoms. The van der Waals surface area contributed by atoms with E-state index >= 15 is 0 Å². The van der Waals surface area contributed by atoms with Crippen molar-refractivity contribution in [3.8, 4) is 0 Å². The van der Waals surface area contributed by atoms with Gasteiger partial charge in [0.2, 0.25) is 0 Å². The van der Waals surface area contributed by atoms with Crippen molar-refractivity contribution in [2.75, 3.05) is 6.61 Å². The molecule has 0 aromatic carbocycles. The summed E-state index contributed by atoms with van der Waals surface area (Å²) in [5.74, 6) is 0.149. The molecule has 2 nitrogen and oxygen atoms in total. The number of carbonyl (C=O) groups excluding carboxylic acids is 1. The highest BCUT2D eigenvalue weighted by Gasteiger charge is 2.26. The van der Waals surface area contributed by atoms with Crippen LogP contribution in [0.15, 0.2) is 47.1 Å². The van der Waals surface area contributed by atoms with E-state index in [1.165, 1.54) is 37.3 Å². The van der Waals surface area contributed by atoms with Crippen LogP contribution in [0.4, 0.5) is 0 Å². The Morgan fingerprint density at radius 3 is 2.60 bits per heavy atom. The molecule has 0 aromatic heterocycles. The van der Waals surface area contributed by atoms with Crippen LogP contribution in [-0.2, 0) is 9.53 Å². The van der Waals surface area contributed by atoms with E-state index in [9.17, 15) is 4.79 Å². The summed E-state index contributed by atoms with van der Waals surface area (Å²) >= 11 is 3.77. The highest BCUT2D eigenvalue weighted by atomic mass is 79.9. The van der Waals surface area contributed by atoms with Crippen LogP contribution in [0.5, 0.6) is 0 Å². The van der Waals surface area contributed by atoms with Crippen LogP contribution in [0, 0.1) is 11.3 Å². The van der Waals surface area contributed by atoms with Gasteiger partial charge in [-0.1, -0.05) is 72.2 Å². The molecule has 0 aromatic rings.